The molecule has 23 heavy (non-hydrogen) atoms. The maximum atomic E-state index is 4.77. The van der Waals surface area contributed by atoms with Gasteiger partial charge in [0.2, 0.25) is 0 Å². The van der Waals surface area contributed by atoms with Gasteiger partial charge in [0.15, 0.2) is 5.96 Å². The van der Waals surface area contributed by atoms with Crippen molar-refractivity contribution in [3.63, 3.8) is 0 Å². The molecule has 2 N–H and O–H groups in total. The lowest BCUT2D eigenvalue weighted by atomic mass is 9.99. The van der Waals surface area contributed by atoms with Crippen LogP contribution in [-0.4, -0.2) is 56.4 Å². The van der Waals surface area contributed by atoms with Crippen molar-refractivity contribution in [1.82, 2.24) is 15.5 Å². The highest BCUT2D eigenvalue weighted by Crippen LogP contribution is 2.16. The van der Waals surface area contributed by atoms with Crippen LogP contribution in [0.25, 0.3) is 0 Å². The van der Waals surface area contributed by atoms with Crippen LogP contribution in [0.3, 0.4) is 0 Å². The fourth-order valence-electron chi connectivity index (χ4n) is 2.84. The summed E-state index contributed by atoms with van der Waals surface area (Å²) in [6, 6.07) is 10.5. The molecular weight excluding hydrogens is 304 g/mol. The average Bonchev–Trinajstić information content (AvgIpc) is 2.57. The van der Waals surface area contributed by atoms with Gasteiger partial charge in [0.05, 0.1) is 0 Å². The van der Waals surface area contributed by atoms with Crippen LogP contribution in [0.2, 0.25) is 0 Å². The quantitative estimate of drug-likeness (QED) is 0.348. The van der Waals surface area contributed by atoms with E-state index in [1.54, 1.807) is 0 Å². The molecule has 1 aromatic rings. The molecule has 0 radical (unpaired) electrons. The van der Waals surface area contributed by atoms with Gasteiger partial charge in [-0.25, -0.2) is 0 Å². The lowest BCUT2D eigenvalue weighted by Gasteiger charge is -2.28. The lowest BCUT2D eigenvalue weighted by Crippen LogP contribution is -2.39. The molecule has 1 saturated heterocycles. The van der Waals surface area contributed by atoms with E-state index in [1.807, 2.05) is 11.8 Å². The second kappa shape index (κ2) is 10.6. The van der Waals surface area contributed by atoms with Crippen LogP contribution in [0.4, 0.5) is 0 Å². The van der Waals surface area contributed by atoms with Crippen molar-refractivity contribution >= 4 is 17.7 Å². The summed E-state index contributed by atoms with van der Waals surface area (Å²) in [5.74, 6) is 2.69. The fraction of sp³-hybridized carbons (Fsp3) is 0.611. The molecule has 128 valence electrons. The fourth-order valence-corrected chi connectivity index (χ4v) is 3.63. The molecule has 4 nitrogen and oxygen atoms in total. The molecule has 0 spiro atoms. The molecule has 0 amide bonds. The van der Waals surface area contributed by atoms with Gasteiger partial charge in [-0.05, 0) is 51.4 Å². The Labute approximate surface area is 145 Å². The Morgan fingerprint density at radius 3 is 2.87 bits per heavy atom. The van der Waals surface area contributed by atoms with Crippen LogP contribution in [0, 0.1) is 5.92 Å². The summed E-state index contributed by atoms with van der Waals surface area (Å²) in [7, 11) is 2.21. The zero-order chi connectivity index (χ0) is 16.3. The minimum atomic E-state index is 0.697. The standard InChI is InChI=1S/C18H30N4S/c1-3-19-18(21-14-16-8-7-12-22(2)15-16)20-11-13-23-17-9-5-4-6-10-17/h4-6,9-10,16H,3,7-8,11-15H2,1-2H3,(H2,19,20,21). The number of hydrogen-bond donors (Lipinski definition) is 2. The number of piperidine rings is 1. The van der Waals surface area contributed by atoms with Crippen LogP contribution in [0.15, 0.2) is 40.2 Å². The van der Waals surface area contributed by atoms with Crippen LogP contribution in [0.5, 0.6) is 0 Å². The van der Waals surface area contributed by atoms with Gasteiger partial charge in [-0.2, -0.15) is 0 Å². The van der Waals surface area contributed by atoms with Gasteiger partial charge < -0.3 is 15.5 Å². The molecule has 0 bridgehead atoms. The van der Waals surface area contributed by atoms with Crippen molar-refractivity contribution < 1.29 is 0 Å². The van der Waals surface area contributed by atoms with Gasteiger partial charge in [0, 0.05) is 36.8 Å². The largest absolute Gasteiger partial charge is 0.357 e. The molecule has 0 aromatic heterocycles. The van der Waals surface area contributed by atoms with Crippen molar-refractivity contribution in [1.29, 1.82) is 0 Å². The third-order valence-electron chi connectivity index (χ3n) is 3.98. The predicted molar refractivity (Wildman–Crippen MR) is 101 cm³/mol. The van der Waals surface area contributed by atoms with Gasteiger partial charge in [0.25, 0.3) is 0 Å². The second-order valence-electron chi connectivity index (χ2n) is 6.08. The summed E-state index contributed by atoms with van der Waals surface area (Å²) in [6.07, 6.45) is 2.60. The molecule has 1 atom stereocenters. The molecule has 5 heteroatoms. The van der Waals surface area contributed by atoms with Crippen LogP contribution >= 0.6 is 11.8 Å². The summed E-state index contributed by atoms with van der Waals surface area (Å²) >= 11 is 1.87. The van der Waals surface area contributed by atoms with Gasteiger partial charge in [-0.1, -0.05) is 18.2 Å². The first-order valence-corrected chi connectivity index (χ1v) is 9.65. The normalized spacial score (nSPS) is 19.6. The zero-order valence-corrected chi connectivity index (χ0v) is 15.2. The third-order valence-corrected chi connectivity index (χ3v) is 4.99. The molecular formula is C18H30N4S. The van der Waals surface area contributed by atoms with Crippen LogP contribution < -0.4 is 10.6 Å². The Morgan fingerprint density at radius 1 is 1.30 bits per heavy atom. The number of nitrogens with zero attached hydrogens (tertiary/aromatic N) is 2. The van der Waals surface area contributed by atoms with Gasteiger partial charge in [-0.15, -0.1) is 11.8 Å². The minimum absolute atomic E-state index is 0.697. The molecule has 1 aliphatic heterocycles. The molecule has 0 saturated carbocycles. The number of thioether (sulfide) groups is 1. The van der Waals surface area contributed by atoms with Crippen molar-refractivity contribution in [3.8, 4) is 0 Å². The van der Waals surface area contributed by atoms with E-state index in [0.717, 1.165) is 31.3 Å². The summed E-state index contributed by atoms with van der Waals surface area (Å²) < 4.78 is 0. The number of rotatable bonds is 7. The van der Waals surface area contributed by atoms with E-state index in [4.69, 9.17) is 4.99 Å². The van der Waals surface area contributed by atoms with E-state index in [9.17, 15) is 0 Å². The first-order chi connectivity index (χ1) is 11.3. The molecule has 0 aliphatic carbocycles. The van der Waals surface area contributed by atoms with E-state index >= 15 is 0 Å². The number of guanidine groups is 1. The monoisotopic (exact) mass is 334 g/mol. The van der Waals surface area contributed by atoms with Crippen LogP contribution in [-0.2, 0) is 0 Å². The highest BCUT2D eigenvalue weighted by atomic mass is 32.2. The Kier molecular flexibility index (Phi) is 8.32. The number of benzene rings is 1. The Balaban J connectivity index is 1.70. The van der Waals surface area contributed by atoms with Crippen molar-refractivity contribution in [2.24, 2.45) is 10.9 Å². The number of nitrogens with one attached hydrogen (secondary N) is 2. The molecule has 2 rings (SSSR count). The summed E-state index contributed by atoms with van der Waals surface area (Å²) in [5, 5.41) is 6.79. The number of hydrogen-bond acceptors (Lipinski definition) is 3. The van der Waals surface area contributed by atoms with Crippen molar-refractivity contribution in [2.75, 3.05) is 45.5 Å². The summed E-state index contributed by atoms with van der Waals surface area (Å²) in [4.78, 5) is 8.51. The van der Waals surface area contributed by atoms with E-state index in [-0.39, 0.29) is 0 Å². The molecule has 1 heterocycles. The Bertz CT molecular complexity index is 463. The number of aliphatic imine (C=N–C) groups is 1. The zero-order valence-electron chi connectivity index (χ0n) is 14.4. The molecule has 1 unspecified atom stereocenters. The summed E-state index contributed by atoms with van der Waals surface area (Å²) in [5.41, 5.74) is 0. The van der Waals surface area contributed by atoms with Gasteiger partial charge >= 0.3 is 0 Å². The highest BCUT2D eigenvalue weighted by Gasteiger charge is 2.16. The van der Waals surface area contributed by atoms with E-state index in [2.05, 4.69) is 59.8 Å². The maximum Gasteiger partial charge on any atom is 0.191 e. The number of likely N-dealkylation sites (tertiary alicyclic amines) is 1. The Morgan fingerprint density at radius 2 is 2.13 bits per heavy atom. The van der Waals surface area contributed by atoms with Crippen molar-refractivity contribution in [3.05, 3.63) is 30.3 Å². The molecule has 1 aromatic carbocycles. The first kappa shape index (κ1) is 18.1. The first-order valence-electron chi connectivity index (χ1n) is 8.66. The van der Waals surface area contributed by atoms with E-state index in [1.165, 1.54) is 30.8 Å². The second-order valence-corrected chi connectivity index (χ2v) is 7.25. The van der Waals surface area contributed by atoms with Gasteiger partial charge in [0.1, 0.15) is 0 Å². The van der Waals surface area contributed by atoms with Gasteiger partial charge in [-0.3, -0.25) is 4.99 Å². The highest BCUT2D eigenvalue weighted by molar-refractivity contribution is 7.99. The molecule has 1 fully saturated rings. The maximum absolute atomic E-state index is 4.77. The smallest absolute Gasteiger partial charge is 0.191 e. The van der Waals surface area contributed by atoms with E-state index in [0.29, 0.717) is 5.92 Å². The van der Waals surface area contributed by atoms with Crippen molar-refractivity contribution in [2.45, 2.75) is 24.7 Å². The van der Waals surface area contributed by atoms with Crippen LogP contribution in [0.1, 0.15) is 19.8 Å². The SMILES string of the molecule is CCNC(=NCC1CCCN(C)C1)NCCSc1ccccc1. The van der Waals surface area contributed by atoms with E-state index < -0.39 is 0 Å². The summed E-state index contributed by atoms with van der Waals surface area (Å²) in [6.45, 7) is 7.27. The average molecular weight is 335 g/mol. The lowest BCUT2D eigenvalue weighted by molar-refractivity contribution is 0.214. The topological polar surface area (TPSA) is 39.7 Å². The molecule has 1 aliphatic rings. The predicted octanol–water partition coefficient (Wildman–Crippen LogP) is 2.68. The Hall–Kier alpha value is -1.20. The minimum Gasteiger partial charge on any atom is -0.357 e. The third kappa shape index (κ3) is 7.27.